The van der Waals surface area contributed by atoms with Crippen LogP contribution in [0.4, 0.5) is 0 Å². The van der Waals surface area contributed by atoms with Gasteiger partial charge in [-0.25, -0.2) is 0 Å². The predicted molar refractivity (Wildman–Crippen MR) is 31.9 cm³/mol. The molecule has 2 atom stereocenters. The molecule has 0 aromatic carbocycles. The van der Waals surface area contributed by atoms with Crippen LogP contribution in [0.3, 0.4) is 0 Å². The molecule has 0 saturated heterocycles. The first kappa shape index (κ1) is 8.39. The van der Waals surface area contributed by atoms with Crippen molar-refractivity contribution in [3.63, 3.8) is 0 Å². The summed E-state index contributed by atoms with van der Waals surface area (Å²) in [6, 6.07) is 0. The first-order valence-electron chi connectivity index (χ1n) is 2.70. The van der Waals surface area contributed by atoms with Crippen LogP contribution in [0.15, 0.2) is 0 Å². The van der Waals surface area contributed by atoms with E-state index in [0.717, 1.165) is 0 Å². The summed E-state index contributed by atoms with van der Waals surface area (Å²) >= 11 is 0. The monoisotopic (exact) mass is 133 g/mol. The minimum Gasteiger partial charge on any atom is -0.481 e. The number of aliphatic hydroxyl groups is 1. The van der Waals surface area contributed by atoms with Crippen molar-refractivity contribution in [3.05, 3.63) is 0 Å². The Labute approximate surface area is 53.3 Å². The third kappa shape index (κ3) is 2.43. The fourth-order valence-electron chi connectivity index (χ4n) is 0.369. The van der Waals surface area contributed by atoms with Crippen LogP contribution in [-0.4, -0.2) is 28.8 Å². The van der Waals surface area contributed by atoms with Crippen LogP contribution in [0.5, 0.6) is 0 Å². The van der Waals surface area contributed by atoms with Crippen LogP contribution in [0.1, 0.15) is 6.92 Å². The van der Waals surface area contributed by atoms with Gasteiger partial charge in [0.25, 0.3) is 0 Å². The van der Waals surface area contributed by atoms with E-state index in [1.165, 1.54) is 6.92 Å². The van der Waals surface area contributed by atoms with E-state index in [1.54, 1.807) is 0 Å². The molecule has 4 nitrogen and oxygen atoms in total. The van der Waals surface area contributed by atoms with Gasteiger partial charge in [0.05, 0.1) is 12.0 Å². The summed E-state index contributed by atoms with van der Waals surface area (Å²) in [5, 5.41) is 17.1. The topological polar surface area (TPSA) is 83.5 Å². The number of carboxylic acids is 1. The SMILES string of the molecule is CC(C(=O)O)C(O)CN. The van der Waals surface area contributed by atoms with Gasteiger partial charge in [0.2, 0.25) is 0 Å². The lowest BCUT2D eigenvalue weighted by molar-refractivity contribution is -0.144. The lowest BCUT2D eigenvalue weighted by Crippen LogP contribution is -2.31. The number of carboxylic acid groups (broad SMARTS) is 1. The van der Waals surface area contributed by atoms with Crippen LogP contribution >= 0.6 is 0 Å². The highest BCUT2D eigenvalue weighted by Gasteiger charge is 2.18. The standard InChI is InChI=1S/C5H11NO3/c1-3(5(8)9)4(7)2-6/h3-4,7H,2,6H2,1H3,(H,8,9). The second-order valence-electron chi connectivity index (χ2n) is 1.93. The van der Waals surface area contributed by atoms with E-state index in [4.69, 9.17) is 15.9 Å². The molecular formula is C5H11NO3. The summed E-state index contributed by atoms with van der Waals surface area (Å²) in [6.07, 6.45) is -0.928. The van der Waals surface area contributed by atoms with Crippen molar-refractivity contribution < 1.29 is 15.0 Å². The normalized spacial score (nSPS) is 16.8. The highest BCUT2D eigenvalue weighted by Crippen LogP contribution is 1.99. The van der Waals surface area contributed by atoms with Crippen LogP contribution in [0.2, 0.25) is 0 Å². The second kappa shape index (κ2) is 3.42. The number of hydrogen-bond acceptors (Lipinski definition) is 3. The van der Waals surface area contributed by atoms with Gasteiger partial charge < -0.3 is 15.9 Å². The van der Waals surface area contributed by atoms with Gasteiger partial charge in [0, 0.05) is 6.54 Å². The molecule has 4 heteroatoms. The maximum atomic E-state index is 10.1. The molecule has 0 fully saturated rings. The summed E-state index contributed by atoms with van der Waals surface area (Å²) < 4.78 is 0. The summed E-state index contributed by atoms with van der Waals surface area (Å²) in [5.41, 5.74) is 5.00. The molecule has 0 rings (SSSR count). The van der Waals surface area contributed by atoms with Gasteiger partial charge in [-0.05, 0) is 6.92 Å². The van der Waals surface area contributed by atoms with E-state index in [2.05, 4.69) is 0 Å². The van der Waals surface area contributed by atoms with Gasteiger partial charge in [-0.2, -0.15) is 0 Å². The van der Waals surface area contributed by atoms with Crippen LogP contribution in [0.25, 0.3) is 0 Å². The van der Waals surface area contributed by atoms with Crippen molar-refractivity contribution in [1.29, 1.82) is 0 Å². The number of aliphatic hydroxyl groups excluding tert-OH is 1. The van der Waals surface area contributed by atoms with Crippen molar-refractivity contribution in [2.45, 2.75) is 13.0 Å². The zero-order valence-corrected chi connectivity index (χ0v) is 5.24. The Morgan fingerprint density at radius 3 is 2.33 bits per heavy atom. The van der Waals surface area contributed by atoms with Crippen molar-refractivity contribution >= 4 is 5.97 Å². The van der Waals surface area contributed by atoms with Crippen molar-refractivity contribution in [1.82, 2.24) is 0 Å². The molecule has 54 valence electrons. The maximum absolute atomic E-state index is 10.1. The third-order valence-electron chi connectivity index (χ3n) is 1.21. The van der Waals surface area contributed by atoms with Gasteiger partial charge in [-0.1, -0.05) is 0 Å². The minimum absolute atomic E-state index is 0.00648. The average Bonchev–Trinajstić information content (AvgIpc) is 1.84. The maximum Gasteiger partial charge on any atom is 0.308 e. The van der Waals surface area contributed by atoms with Gasteiger partial charge >= 0.3 is 5.97 Å². The van der Waals surface area contributed by atoms with E-state index >= 15 is 0 Å². The quantitative estimate of drug-likeness (QED) is 0.462. The summed E-state index contributed by atoms with van der Waals surface area (Å²) in [6.45, 7) is 1.41. The zero-order chi connectivity index (χ0) is 7.44. The van der Waals surface area contributed by atoms with Gasteiger partial charge in [-0.3, -0.25) is 4.79 Å². The molecule has 0 aliphatic heterocycles. The molecule has 0 bridgehead atoms. The molecule has 0 aromatic rings. The minimum atomic E-state index is -1.02. The van der Waals surface area contributed by atoms with Crippen LogP contribution in [-0.2, 0) is 4.79 Å². The number of nitrogens with two attached hydrogens (primary N) is 1. The van der Waals surface area contributed by atoms with Gasteiger partial charge in [0.15, 0.2) is 0 Å². The smallest absolute Gasteiger partial charge is 0.308 e. The Hall–Kier alpha value is -0.610. The fourth-order valence-corrected chi connectivity index (χ4v) is 0.369. The average molecular weight is 133 g/mol. The molecule has 0 radical (unpaired) electrons. The van der Waals surface area contributed by atoms with E-state index in [0.29, 0.717) is 0 Å². The Balaban J connectivity index is 3.72. The summed E-state index contributed by atoms with van der Waals surface area (Å²) in [4.78, 5) is 10.1. The molecule has 0 heterocycles. The van der Waals surface area contributed by atoms with Gasteiger partial charge in [0.1, 0.15) is 0 Å². The Morgan fingerprint density at radius 1 is 1.78 bits per heavy atom. The zero-order valence-electron chi connectivity index (χ0n) is 5.24. The Morgan fingerprint density at radius 2 is 2.22 bits per heavy atom. The first-order valence-corrected chi connectivity index (χ1v) is 2.70. The molecule has 9 heavy (non-hydrogen) atoms. The first-order chi connectivity index (χ1) is 4.09. The lowest BCUT2D eigenvalue weighted by Gasteiger charge is -2.10. The Bertz CT molecular complexity index is 104. The number of hydrogen-bond donors (Lipinski definition) is 3. The number of rotatable bonds is 3. The van der Waals surface area contributed by atoms with E-state index < -0.39 is 18.0 Å². The van der Waals surface area contributed by atoms with Crippen molar-refractivity contribution in [2.24, 2.45) is 11.7 Å². The second-order valence-corrected chi connectivity index (χ2v) is 1.93. The van der Waals surface area contributed by atoms with E-state index in [9.17, 15) is 4.79 Å². The number of aliphatic carboxylic acids is 1. The molecule has 0 saturated carbocycles. The molecule has 0 aliphatic rings. The Kier molecular flexibility index (Phi) is 3.19. The van der Waals surface area contributed by atoms with E-state index in [1.807, 2.05) is 0 Å². The fraction of sp³-hybridized carbons (Fsp3) is 0.800. The summed E-state index contributed by atoms with van der Waals surface area (Å²) in [7, 11) is 0. The van der Waals surface area contributed by atoms with Crippen LogP contribution in [0, 0.1) is 5.92 Å². The van der Waals surface area contributed by atoms with Gasteiger partial charge in [-0.15, -0.1) is 0 Å². The predicted octanol–water partition coefficient (Wildman–Crippen LogP) is -0.973. The molecule has 0 aliphatic carbocycles. The highest BCUT2D eigenvalue weighted by molar-refractivity contribution is 5.70. The van der Waals surface area contributed by atoms with Crippen molar-refractivity contribution in [3.8, 4) is 0 Å². The molecule has 0 amide bonds. The third-order valence-corrected chi connectivity index (χ3v) is 1.21. The highest BCUT2D eigenvalue weighted by atomic mass is 16.4. The summed E-state index contributed by atoms with van der Waals surface area (Å²) in [5.74, 6) is -1.79. The lowest BCUT2D eigenvalue weighted by atomic mass is 10.1. The van der Waals surface area contributed by atoms with Crippen LogP contribution < -0.4 is 5.73 Å². The molecule has 0 aromatic heterocycles. The van der Waals surface area contributed by atoms with E-state index in [-0.39, 0.29) is 6.54 Å². The molecule has 0 spiro atoms. The largest absolute Gasteiger partial charge is 0.481 e. The molecule has 2 unspecified atom stereocenters. The molecule has 4 N–H and O–H groups in total. The van der Waals surface area contributed by atoms with Crippen molar-refractivity contribution in [2.75, 3.05) is 6.54 Å². The number of carbonyl (C=O) groups is 1. The molecular weight excluding hydrogens is 122 g/mol.